The van der Waals surface area contributed by atoms with Crippen molar-refractivity contribution in [1.82, 2.24) is 24.6 Å². The number of nitriles is 1. The van der Waals surface area contributed by atoms with Crippen molar-refractivity contribution in [1.29, 1.82) is 5.26 Å². The van der Waals surface area contributed by atoms with E-state index >= 15 is 0 Å². The number of hydrogen-bond donors (Lipinski definition) is 0. The summed E-state index contributed by atoms with van der Waals surface area (Å²) < 4.78 is 21.6. The molecular formula is C29H32FN7O2. The summed E-state index contributed by atoms with van der Waals surface area (Å²) in [5.74, 6) is 0.680. The van der Waals surface area contributed by atoms with Gasteiger partial charge in [0.2, 0.25) is 11.8 Å². The van der Waals surface area contributed by atoms with Crippen LogP contribution >= 0.6 is 0 Å². The van der Waals surface area contributed by atoms with Gasteiger partial charge in [-0.3, -0.25) is 9.69 Å². The zero-order valence-corrected chi connectivity index (χ0v) is 23.0. The van der Waals surface area contributed by atoms with Crippen molar-refractivity contribution in [3.63, 3.8) is 0 Å². The zero-order chi connectivity index (χ0) is 28.1. The second-order valence-corrected chi connectivity index (χ2v) is 11.3. The van der Waals surface area contributed by atoms with Crippen LogP contribution in [0.4, 0.5) is 10.1 Å². The number of hydrogen-bond acceptors (Lipinski definition) is 8. The van der Waals surface area contributed by atoms with E-state index in [2.05, 4.69) is 44.9 Å². The Balaban J connectivity index is 1.55. The van der Waals surface area contributed by atoms with Crippen LogP contribution in [0.2, 0.25) is 0 Å². The fourth-order valence-electron chi connectivity index (χ4n) is 5.21. The minimum Gasteiger partial charge on any atom is -0.423 e. The van der Waals surface area contributed by atoms with E-state index in [4.69, 9.17) is 4.42 Å². The predicted octanol–water partition coefficient (Wildman–Crippen LogP) is 4.31. The van der Waals surface area contributed by atoms with Crippen molar-refractivity contribution < 1.29 is 8.81 Å². The molecule has 3 aromatic heterocycles. The van der Waals surface area contributed by atoms with E-state index < -0.39 is 0 Å². The fourth-order valence-corrected chi connectivity index (χ4v) is 5.21. The van der Waals surface area contributed by atoms with E-state index in [9.17, 15) is 14.4 Å². The molecule has 0 aliphatic carbocycles. The molecule has 1 aromatic carbocycles. The van der Waals surface area contributed by atoms with Crippen LogP contribution in [0.1, 0.15) is 63.7 Å². The molecule has 1 aliphatic heterocycles. The first-order valence-corrected chi connectivity index (χ1v) is 13.0. The largest absolute Gasteiger partial charge is 0.423 e. The van der Waals surface area contributed by atoms with E-state index in [0.717, 1.165) is 5.56 Å². The lowest BCUT2D eigenvalue weighted by molar-refractivity contribution is 0.112. The molecule has 5 rings (SSSR count). The molecule has 9 nitrogen and oxygen atoms in total. The Bertz CT molecular complexity index is 1610. The Morgan fingerprint density at radius 3 is 2.44 bits per heavy atom. The molecule has 0 amide bonds. The lowest BCUT2D eigenvalue weighted by atomic mass is 9.97. The molecule has 39 heavy (non-hydrogen) atoms. The number of anilines is 1. The van der Waals surface area contributed by atoms with E-state index in [-0.39, 0.29) is 34.9 Å². The highest BCUT2D eigenvalue weighted by Gasteiger charge is 2.38. The number of rotatable bonds is 4. The molecule has 3 atom stereocenters. The van der Waals surface area contributed by atoms with Gasteiger partial charge in [-0.25, -0.2) is 9.37 Å². The lowest BCUT2D eigenvalue weighted by Crippen LogP contribution is -2.57. The number of halogens is 1. The second kappa shape index (κ2) is 9.89. The first-order chi connectivity index (χ1) is 18.5. The number of benzene rings is 1. The Kier molecular flexibility index (Phi) is 6.72. The maximum absolute atomic E-state index is 13.9. The van der Waals surface area contributed by atoms with Gasteiger partial charge >= 0.3 is 0 Å². The molecule has 4 aromatic rings. The standard InChI is InChI=1S/C29H32FN7O2/c1-17-16-37(26(19-7-9-20(30)10-8-19)27-33-34-28(39-27)29(3,4)5)18(2)15-36(17)23-13-24(38)35(6)22-12-11-21(14-31)32-25(22)23/h7-13,17-18,26H,15-16H2,1-6H3/t17-,18+,26?/m0/s1. The molecule has 0 bridgehead atoms. The number of aryl methyl sites for hydroxylation is 1. The summed E-state index contributed by atoms with van der Waals surface area (Å²) in [4.78, 5) is 21.9. The van der Waals surface area contributed by atoms with Crippen molar-refractivity contribution in [3.05, 3.63) is 81.7 Å². The molecule has 0 radical (unpaired) electrons. The Morgan fingerprint density at radius 1 is 1.08 bits per heavy atom. The van der Waals surface area contributed by atoms with E-state index in [1.807, 2.05) is 20.8 Å². The summed E-state index contributed by atoms with van der Waals surface area (Å²) in [6.45, 7) is 11.4. The van der Waals surface area contributed by atoms with Gasteiger partial charge < -0.3 is 13.9 Å². The highest BCUT2D eigenvalue weighted by Crippen LogP contribution is 2.36. The summed E-state index contributed by atoms with van der Waals surface area (Å²) in [7, 11) is 1.70. The van der Waals surface area contributed by atoms with Crippen LogP contribution in [-0.2, 0) is 12.5 Å². The first kappa shape index (κ1) is 26.5. The molecule has 0 saturated carbocycles. The summed E-state index contributed by atoms with van der Waals surface area (Å²) in [5, 5.41) is 18.2. The maximum Gasteiger partial charge on any atom is 0.252 e. The highest BCUT2D eigenvalue weighted by atomic mass is 19.1. The fraction of sp³-hybridized carbons (Fsp3) is 0.414. The lowest BCUT2D eigenvalue weighted by Gasteiger charge is -2.47. The minimum absolute atomic E-state index is 0.0144. The van der Waals surface area contributed by atoms with E-state index in [0.29, 0.717) is 47.3 Å². The van der Waals surface area contributed by atoms with E-state index in [1.54, 1.807) is 41.9 Å². The average Bonchev–Trinajstić information content (AvgIpc) is 3.40. The van der Waals surface area contributed by atoms with Gasteiger partial charge in [0.15, 0.2) is 0 Å². The maximum atomic E-state index is 13.9. The van der Waals surface area contributed by atoms with Gasteiger partial charge in [-0.1, -0.05) is 32.9 Å². The van der Waals surface area contributed by atoms with Crippen LogP contribution in [0.15, 0.2) is 51.7 Å². The van der Waals surface area contributed by atoms with Crippen molar-refractivity contribution >= 4 is 16.7 Å². The Labute approximate surface area is 226 Å². The summed E-state index contributed by atoms with van der Waals surface area (Å²) in [6, 6.07) is 13.1. The number of piperazine rings is 1. The molecule has 0 N–H and O–H groups in total. The number of aromatic nitrogens is 4. The topological polar surface area (TPSA) is 104 Å². The van der Waals surface area contributed by atoms with Gasteiger partial charge in [-0.05, 0) is 43.7 Å². The molecule has 1 saturated heterocycles. The molecule has 1 unspecified atom stereocenters. The molecule has 10 heteroatoms. The van der Waals surface area contributed by atoms with E-state index in [1.165, 1.54) is 12.1 Å². The third kappa shape index (κ3) is 4.90. The SMILES string of the molecule is C[C@@H]1CN(c2cc(=O)n(C)c3ccc(C#N)nc23)[C@@H](C)CN1C(c1ccc(F)cc1)c1nnc(C(C)(C)C)o1. The predicted molar refractivity (Wildman–Crippen MR) is 146 cm³/mol. The minimum atomic E-state index is -0.377. The normalized spacial score (nSPS) is 19.3. The van der Waals surface area contributed by atoms with Gasteiger partial charge in [0.25, 0.3) is 5.56 Å². The van der Waals surface area contributed by atoms with Crippen LogP contribution in [-0.4, -0.2) is 49.8 Å². The van der Waals surface area contributed by atoms with Crippen LogP contribution in [0.3, 0.4) is 0 Å². The number of nitrogens with zero attached hydrogens (tertiary/aromatic N) is 7. The molecule has 1 fully saturated rings. The molecule has 202 valence electrons. The second-order valence-electron chi connectivity index (χ2n) is 11.3. The quantitative estimate of drug-likeness (QED) is 0.385. The average molecular weight is 530 g/mol. The smallest absolute Gasteiger partial charge is 0.252 e. The summed E-state index contributed by atoms with van der Waals surface area (Å²) in [5.41, 5.74) is 2.68. The van der Waals surface area contributed by atoms with Gasteiger partial charge in [0, 0.05) is 43.7 Å². The van der Waals surface area contributed by atoms with Crippen LogP contribution in [0.25, 0.3) is 11.0 Å². The van der Waals surface area contributed by atoms with Crippen LogP contribution in [0, 0.1) is 17.1 Å². The van der Waals surface area contributed by atoms with Gasteiger partial charge in [0.1, 0.15) is 29.1 Å². The third-order valence-corrected chi connectivity index (χ3v) is 7.36. The van der Waals surface area contributed by atoms with Crippen molar-refractivity contribution in [2.45, 2.75) is 58.2 Å². The monoisotopic (exact) mass is 529 g/mol. The third-order valence-electron chi connectivity index (χ3n) is 7.36. The highest BCUT2D eigenvalue weighted by molar-refractivity contribution is 5.89. The molecule has 1 aliphatic rings. The van der Waals surface area contributed by atoms with Crippen LogP contribution < -0.4 is 10.5 Å². The molecule has 4 heterocycles. The zero-order valence-electron chi connectivity index (χ0n) is 23.0. The van der Waals surface area contributed by atoms with Crippen LogP contribution in [0.5, 0.6) is 0 Å². The van der Waals surface area contributed by atoms with Crippen molar-refractivity contribution in [2.75, 3.05) is 18.0 Å². The molecular weight excluding hydrogens is 497 g/mol. The Morgan fingerprint density at radius 2 is 1.79 bits per heavy atom. The molecule has 0 spiro atoms. The van der Waals surface area contributed by atoms with Crippen molar-refractivity contribution in [2.24, 2.45) is 7.05 Å². The van der Waals surface area contributed by atoms with Gasteiger partial charge in [-0.2, -0.15) is 5.26 Å². The summed E-state index contributed by atoms with van der Waals surface area (Å²) in [6.07, 6.45) is 0. The van der Waals surface area contributed by atoms with Gasteiger partial charge in [-0.15, -0.1) is 10.2 Å². The van der Waals surface area contributed by atoms with Crippen molar-refractivity contribution in [3.8, 4) is 6.07 Å². The number of pyridine rings is 2. The van der Waals surface area contributed by atoms with Gasteiger partial charge in [0.05, 0.1) is 11.2 Å². The Hall–Kier alpha value is -4.10. The number of fused-ring (bicyclic) bond motifs is 1. The first-order valence-electron chi connectivity index (χ1n) is 13.0. The summed E-state index contributed by atoms with van der Waals surface area (Å²) >= 11 is 0.